The number of fused-ring (bicyclic) bond motifs is 1. The van der Waals surface area contributed by atoms with Gasteiger partial charge in [0.25, 0.3) is 5.69 Å². The molecule has 1 heterocycles. The van der Waals surface area contributed by atoms with Crippen LogP contribution < -0.4 is 0 Å². The maximum atomic E-state index is 10.7. The van der Waals surface area contributed by atoms with Gasteiger partial charge in [-0.2, -0.15) is 0 Å². The van der Waals surface area contributed by atoms with E-state index in [4.69, 9.17) is 27.6 Å². The van der Waals surface area contributed by atoms with Gasteiger partial charge in [-0.1, -0.05) is 23.2 Å². The third-order valence-electron chi connectivity index (χ3n) is 2.74. The lowest BCUT2D eigenvalue weighted by Crippen LogP contribution is -1.86. The Kier molecular flexibility index (Phi) is 3.08. The van der Waals surface area contributed by atoms with Crippen LogP contribution in [0.1, 0.15) is 0 Å². The first-order valence-electron chi connectivity index (χ1n) is 5.55. The van der Waals surface area contributed by atoms with Gasteiger partial charge in [-0.05, 0) is 24.3 Å². The van der Waals surface area contributed by atoms with Crippen molar-refractivity contribution in [2.24, 2.45) is 0 Å². The predicted molar refractivity (Wildman–Crippen MR) is 76.1 cm³/mol. The average Bonchev–Trinajstić information content (AvgIpc) is 2.80. The van der Waals surface area contributed by atoms with Crippen molar-refractivity contribution in [3.8, 4) is 11.5 Å². The second-order valence-electron chi connectivity index (χ2n) is 4.05. The molecule has 0 amide bonds. The minimum Gasteiger partial charge on any atom is -0.436 e. The standard InChI is InChI=1S/C13H6Cl2N2O3/c14-7-1-3-9(10(15)5-7)13-16-11-6-8(17(18)19)2-4-12(11)20-13/h1-6H. The van der Waals surface area contributed by atoms with Crippen LogP contribution in [0.3, 0.4) is 0 Å². The van der Waals surface area contributed by atoms with Gasteiger partial charge in [-0.3, -0.25) is 10.1 Å². The first kappa shape index (κ1) is 12.9. The Hall–Kier alpha value is -2.11. The number of halogens is 2. The summed E-state index contributed by atoms with van der Waals surface area (Å²) in [5.74, 6) is 0.294. The van der Waals surface area contributed by atoms with E-state index in [0.717, 1.165) is 0 Å². The van der Waals surface area contributed by atoms with Gasteiger partial charge in [0, 0.05) is 17.2 Å². The number of nitro benzene ring substituents is 1. The van der Waals surface area contributed by atoms with E-state index in [0.29, 0.717) is 32.6 Å². The van der Waals surface area contributed by atoms with Crippen LogP contribution >= 0.6 is 23.2 Å². The minimum atomic E-state index is -0.483. The van der Waals surface area contributed by atoms with Crippen LogP contribution in [0.4, 0.5) is 5.69 Å². The summed E-state index contributed by atoms with van der Waals surface area (Å²) < 4.78 is 5.55. The van der Waals surface area contributed by atoms with E-state index in [1.807, 2.05) is 0 Å². The lowest BCUT2D eigenvalue weighted by molar-refractivity contribution is -0.384. The van der Waals surface area contributed by atoms with Crippen LogP contribution in [0.15, 0.2) is 40.8 Å². The molecule has 0 unspecified atom stereocenters. The molecule has 0 bridgehead atoms. The Bertz CT molecular complexity index is 830. The highest BCUT2D eigenvalue weighted by molar-refractivity contribution is 6.36. The summed E-state index contributed by atoms with van der Waals surface area (Å²) in [4.78, 5) is 14.5. The Morgan fingerprint density at radius 2 is 1.95 bits per heavy atom. The lowest BCUT2D eigenvalue weighted by atomic mass is 10.2. The SMILES string of the molecule is O=[N+]([O-])c1ccc2oc(-c3ccc(Cl)cc3Cl)nc2c1. The summed E-state index contributed by atoms with van der Waals surface area (Å²) in [6, 6.07) is 9.15. The summed E-state index contributed by atoms with van der Waals surface area (Å²) >= 11 is 11.9. The number of nitrogens with zero attached hydrogens (tertiary/aromatic N) is 2. The highest BCUT2D eigenvalue weighted by Crippen LogP contribution is 2.32. The van der Waals surface area contributed by atoms with Crippen LogP contribution in [0.5, 0.6) is 0 Å². The number of non-ortho nitro benzene ring substituents is 1. The number of rotatable bonds is 2. The molecular formula is C13H6Cl2N2O3. The molecule has 0 atom stereocenters. The summed E-state index contributed by atoms with van der Waals surface area (Å²) in [6.07, 6.45) is 0. The zero-order valence-electron chi connectivity index (χ0n) is 9.84. The van der Waals surface area contributed by atoms with Crippen LogP contribution in [0.2, 0.25) is 10.0 Å². The zero-order chi connectivity index (χ0) is 14.3. The van der Waals surface area contributed by atoms with Gasteiger partial charge in [0.2, 0.25) is 5.89 Å². The van der Waals surface area contributed by atoms with Gasteiger partial charge in [0.15, 0.2) is 5.58 Å². The van der Waals surface area contributed by atoms with Gasteiger partial charge in [-0.15, -0.1) is 0 Å². The summed E-state index contributed by atoms with van der Waals surface area (Å²) in [5.41, 5.74) is 1.39. The monoisotopic (exact) mass is 308 g/mol. The Balaban J connectivity index is 2.15. The van der Waals surface area contributed by atoms with Crippen molar-refractivity contribution >= 4 is 40.0 Å². The Labute approximate surface area is 122 Å². The summed E-state index contributed by atoms with van der Waals surface area (Å²) in [5, 5.41) is 11.6. The highest BCUT2D eigenvalue weighted by Gasteiger charge is 2.14. The molecule has 1 aromatic heterocycles. The maximum Gasteiger partial charge on any atom is 0.271 e. The van der Waals surface area contributed by atoms with Gasteiger partial charge in [0.05, 0.1) is 15.5 Å². The number of nitro groups is 1. The molecule has 5 nitrogen and oxygen atoms in total. The molecule has 3 aromatic rings. The first-order valence-corrected chi connectivity index (χ1v) is 6.30. The molecule has 0 aliphatic carbocycles. The average molecular weight is 309 g/mol. The van der Waals surface area contributed by atoms with Gasteiger partial charge in [-0.25, -0.2) is 4.98 Å². The molecule has 100 valence electrons. The molecular weight excluding hydrogens is 303 g/mol. The molecule has 0 aliphatic heterocycles. The van der Waals surface area contributed by atoms with Crippen LogP contribution in [0.25, 0.3) is 22.6 Å². The van der Waals surface area contributed by atoms with Gasteiger partial charge >= 0.3 is 0 Å². The van der Waals surface area contributed by atoms with Crippen molar-refractivity contribution in [2.75, 3.05) is 0 Å². The molecule has 0 saturated heterocycles. The fraction of sp³-hybridized carbons (Fsp3) is 0. The number of benzene rings is 2. The second-order valence-corrected chi connectivity index (χ2v) is 4.90. The minimum absolute atomic E-state index is 0.0421. The van der Waals surface area contributed by atoms with Crippen molar-refractivity contribution in [2.45, 2.75) is 0 Å². The smallest absolute Gasteiger partial charge is 0.271 e. The number of hydrogen-bond donors (Lipinski definition) is 0. The third kappa shape index (κ3) is 2.21. The van der Waals surface area contributed by atoms with E-state index in [2.05, 4.69) is 4.98 Å². The van der Waals surface area contributed by atoms with Crippen LogP contribution in [-0.2, 0) is 0 Å². The van der Waals surface area contributed by atoms with E-state index >= 15 is 0 Å². The van der Waals surface area contributed by atoms with Gasteiger partial charge in [0.1, 0.15) is 5.52 Å². The molecule has 2 aromatic carbocycles. The summed E-state index contributed by atoms with van der Waals surface area (Å²) in [6.45, 7) is 0. The Morgan fingerprint density at radius 1 is 1.15 bits per heavy atom. The van der Waals surface area contributed by atoms with E-state index in [-0.39, 0.29) is 5.69 Å². The lowest BCUT2D eigenvalue weighted by Gasteiger charge is -1.98. The van der Waals surface area contributed by atoms with E-state index < -0.39 is 4.92 Å². The number of hydrogen-bond acceptors (Lipinski definition) is 4. The van der Waals surface area contributed by atoms with Crippen molar-refractivity contribution in [3.05, 3.63) is 56.6 Å². The molecule has 3 rings (SSSR count). The van der Waals surface area contributed by atoms with Gasteiger partial charge < -0.3 is 4.42 Å². The molecule has 20 heavy (non-hydrogen) atoms. The topological polar surface area (TPSA) is 69.2 Å². The van der Waals surface area contributed by atoms with E-state index in [1.54, 1.807) is 18.2 Å². The quantitative estimate of drug-likeness (QED) is 0.508. The molecule has 0 saturated carbocycles. The zero-order valence-corrected chi connectivity index (χ0v) is 11.4. The predicted octanol–water partition coefficient (Wildman–Crippen LogP) is 4.71. The normalized spacial score (nSPS) is 10.9. The van der Waals surface area contributed by atoms with Crippen molar-refractivity contribution in [1.29, 1.82) is 0 Å². The molecule has 0 aliphatic rings. The van der Waals surface area contributed by atoms with Crippen LogP contribution in [-0.4, -0.2) is 9.91 Å². The number of oxazole rings is 1. The maximum absolute atomic E-state index is 10.7. The molecule has 0 spiro atoms. The van der Waals surface area contributed by atoms with E-state index in [1.165, 1.54) is 18.2 Å². The highest BCUT2D eigenvalue weighted by atomic mass is 35.5. The second kappa shape index (κ2) is 4.77. The van der Waals surface area contributed by atoms with Crippen molar-refractivity contribution in [1.82, 2.24) is 4.98 Å². The number of aromatic nitrogens is 1. The largest absolute Gasteiger partial charge is 0.436 e. The molecule has 0 fully saturated rings. The van der Waals surface area contributed by atoms with Crippen LogP contribution in [0, 0.1) is 10.1 Å². The summed E-state index contributed by atoms with van der Waals surface area (Å²) in [7, 11) is 0. The third-order valence-corrected chi connectivity index (χ3v) is 3.29. The van der Waals surface area contributed by atoms with Crippen molar-refractivity contribution in [3.63, 3.8) is 0 Å². The molecule has 7 heteroatoms. The molecule has 0 N–H and O–H groups in total. The molecule has 0 radical (unpaired) electrons. The van der Waals surface area contributed by atoms with Crippen molar-refractivity contribution < 1.29 is 9.34 Å². The Morgan fingerprint density at radius 3 is 2.65 bits per heavy atom. The van der Waals surface area contributed by atoms with E-state index in [9.17, 15) is 10.1 Å². The fourth-order valence-electron chi connectivity index (χ4n) is 1.81. The fourth-order valence-corrected chi connectivity index (χ4v) is 2.30. The first-order chi connectivity index (χ1) is 9.54.